The van der Waals surface area contributed by atoms with Crippen LogP contribution in [-0.4, -0.2) is 11.9 Å². The Balaban J connectivity index is 2.78. The fourth-order valence-electron chi connectivity index (χ4n) is 0.999. The van der Waals surface area contributed by atoms with Gasteiger partial charge in [-0.05, 0) is 19.1 Å². The molecular formula is C11H11NO3. The second-order valence-corrected chi connectivity index (χ2v) is 2.80. The molecule has 0 unspecified atom stereocenters. The number of hydrogen-bond acceptors (Lipinski definition) is 4. The molecular weight excluding hydrogens is 194 g/mol. The molecule has 0 aliphatic carbocycles. The van der Waals surface area contributed by atoms with E-state index >= 15 is 0 Å². The third kappa shape index (κ3) is 2.95. The van der Waals surface area contributed by atoms with E-state index in [1.807, 2.05) is 0 Å². The number of anilines is 1. The summed E-state index contributed by atoms with van der Waals surface area (Å²) in [7, 11) is 0. The van der Waals surface area contributed by atoms with Gasteiger partial charge < -0.3 is 10.5 Å². The molecule has 15 heavy (non-hydrogen) atoms. The quantitative estimate of drug-likeness (QED) is 0.344. The lowest BCUT2D eigenvalue weighted by atomic mass is 10.2. The predicted octanol–water partition coefficient (Wildman–Crippen LogP) is 1.53. The summed E-state index contributed by atoms with van der Waals surface area (Å²) >= 11 is 0. The average Bonchev–Trinajstić information content (AvgIpc) is 2.18. The maximum atomic E-state index is 11.4. The van der Waals surface area contributed by atoms with Gasteiger partial charge in [0.1, 0.15) is 0 Å². The molecule has 0 aromatic heterocycles. The van der Waals surface area contributed by atoms with Gasteiger partial charge in [-0.2, -0.15) is 0 Å². The summed E-state index contributed by atoms with van der Waals surface area (Å²) in [4.78, 5) is 22.4. The number of ether oxygens (including phenoxy) is 1. The third-order valence-electron chi connectivity index (χ3n) is 1.68. The van der Waals surface area contributed by atoms with Crippen LogP contribution in [0.1, 0.15) is 17.3 Å². The summed E-state index contributed by atoms with van der Waals surface area (Å²) in [6.45, 7) is 1.66. The molecule has 4 nitrogen and oxygen atoms in total. The summed E-state index contributed by atoms with van der Waals surface area (Å²) in [6, 6.07) is 6.41. The summed E-state index contributed by atoms with van der Waals surface area (Å²) < 4.78 is 4.51. The lowest BCUT2D eigenvalue weighted by Crippen LogP contribution is -2.12. The van der Waals surface area contributed by atoms with E-state index in [0.717, 1.165) is 6.08 Å². The molecule has 78 valence electrons. The number of carbonyl (C=O) groups is 2. The summed E-state index contributed by atoms with van der Waals surface area (Å²) in [6.07, 6.45) is 2.65. The Morgan fingerprint density at radius 3 is 2.60 bits per heavy atom. The first-order valence-corrected chi connectivity index (χ1v) is 4.38. The number of carbonyl (C=O) groups excluding carboxylic acids is 2. The second kappa shape index (κ2) is 4.95. The monoisotopic (exact) mass is 205 g/mol. The van der Waals surface area contributed by atoms with Crippen molar-refractivity contribution in [2.45, 2.75) is 6.92 Å². The van der Waals surface area contributed by atoms with Crippen LogP contribution in [0.15, 0.2) is 36.4 Å². The predicted molar refractivity (Wildman–Crippen MR) is 56.1 cm³/mol. The lowest BCUT2D eigenvalue weighted by Gasteiger charge is -2.02. The van der Waals surface area contributed by atoms with E-state index in [1.54, 1.807) is 25.1 Å². The van der Waals surface area contributed by atoms with E-state index in [2.05, 4.69) is 4.74 Å². The van der Waals surface area contributed by atoms with Crippen LogP contribution >= 0.6 is 0 Å². The van der Waals surface area contributed by atoms with Gasteiger partial charge in [0.25, 0.3) is 0 Å². The maximum Gasteiger partial charge on any atom is 0.348 e. The van der Waals surface area contributed by atoms with Crippen LogP contribution < -0.4 is 5.73 Å². The Bertz CT molecular complexity index is 410. The average molecular weight is 205 g/mol. The highest BCUT2D eigenvalue weighted by molar-refractivity contribution is 6.02. The normalized spacial score (nSPS) is 10.2. The number of esters is 2. The highest BCUT2D eigenvalue weighted by Gasteiger charge is 2.12. The first kappa shape index (κ1) is 11.0. The minimum absolute atomic E-state index is 0.190. The van der Waals surface area contributed by atoms with Gasteiger partial charge in [-0.15, -0.1) is 0 Å². The van der Waals surface area contributed by atoms with Crippen molar-refractivity contribution in [1.82, 2.24) is 0 Å². The van der Waals surface area contributed by atoms with Crippen molar-refractivity contribution in [3.05, 3.63) is 42.0 Å². The number of hydrogen-bond donors (Lipinski definition) is 1. The molecule has 1 rings (SSSR count). The molecule has 0 atom stereocenters. The standard InChI is InChI=1S/C11H11NO3/c1-2-5-10(13)15-11(14)8-6-3-4-7-9(8)12/h2-7H,12H2,1H3. The van der Waals surface area contributed by atoms with E-state index in [9.17, 15) is 9.59 Å². The van der Waals surface area contributed by atoms with E-state index in [1.165, 1.54) is 12.1 Å². The Labute approximate surface area is 87.3 Å². The Morgan fingerprint density at radius 2 is 2.00 bits per heavy atom. The number of para-hydroxylation sites is 1. The number of nitrogens with two attached hydrogens (primary N) is 1. The Hall–Kier alpha value is -2.10. The molecule has 0 bridgehead atoms. The van der Waals surface area contributed by atoms with E-state index in [0.29, 0.717) is 0 Å². The lowest BCUT2D eigenvalue weighted by molar-refractivity contribution is -0.132. The van der Waals surface area contributed by atoms with Crippen LogP contribution in [0.4, 0.5) is 5.69 Å². The van der Waals surface area contributed by atoms with Crippen LogP contribution in [0.3, 0.4) is 0 Å². The summed E-state index contributed by atoms with van der Waals surface area (Å²) in [5.74, 6) is -1.44. The molecule has 0 saturated heterocycles. The minimum atomic E-state index is -0.740. The smallest absolute Gasteiger partial charge is 0.348 e. The van der Waals surface area contributed by atoms with Crippen LogP contribution in [-0.2, 0) is 9.53 Å². The van der Waals surface area contributed by atoms with E-state index in [4.69, 9.17) is 5.73 Å². The van der Waals surface area contributed by atoms with Crippen molar-refractivity contribution in [2.75, 3.05) is 5.73 Å². The molecule has 0 heterocycles. The maximum absolute atomic E-state index is 11.4. The first-order chi connectivity index (χ1) is 7.15. The highest BCUT2D eigenvalue weighted by atomic mass is 16.6. The van der Waals surface area contributed by atoms with Crippen LogP contribution in [0.25, 0.3) is 0 Å². The van der Waals surface area contributed by atoms with Crippen molar-refractivity contribution in [1.29, 1.82) is 0 Å². The van der Waals surface area contributed by atoms with Gasteiger partial charge in [-0.25, -0.2) is 9.59 Å². The SMILES string of the molecule is CC=CC(=O)OC(=O)c1ccccc1N. The number of benzene rings is 1. The van der Waals surface area contributed by atoms with Gasteiger partial charge in [0.2, 0.25) is 0 Å². The molecule has 0 radical (unpaired) electrons. The van der Waals surface area contributed by atoms with Gasteiger partial charge in [0, 0.05) is 11.8 Å². The van der Waals surface area contributed by atoms with Crippen molar-refractivity contribution < 1.29 is 14.3 Å². The number of allylic oxidation sites excluding steroid dienone is 1. The van der Waals surface area contributed by atoms with Crippen LogP contribution in [0.5, 0.6) is 0 Å². The third-order valence-corrected chi connectivity index (χ3v) is 1.68. The van der Waals surface area contributed by atoms with Gasteiger partial charge in [0.05, 0.1) is 5.56 Å². The Morgan fingerprint density at radius 1 is 1.33 bits per heavy atom. The van der Waals surface area contributed by atoms with Gasteiger partial charge in [-0.3, -0.25) is 0 Å². The Kier molecular flexibility index (Phi) is 3.62. The first-order valence-electron chi connectivity index (χ1n) is 4.38. The number of rotatable bonds is 2. The van der Waals surface area contributed by atoms with Crippen LogP contribution in [0.2, 0.25) is 0 Å². The zero-order chi connectivity index (χ0) is 11.3. The van der Waals surface area contributed by atoms with E-state index < -0.39 is 11.9 Å². The molecule has 0 fully saturated rings. The number of nitrogen functional groups attached to an aromatic ring is 1. The zero-order valence-corrected chi connectivity index (χ0v) is 8.27. The van der Waals surface area contributed by atoms with Crippen LogP contribution in [0, 0.1) is 0 Å². The molecule has 1 aromatic carbocycles. The highest BCUT2D eigenvalue weighted by Crippen LogP contribution is 2.11. The molecule has 1 aromatic rings. The molecule has 4 heteroatoms. The van der Waals surface area contributed by atoms with Crippen molar-refractivity contribution in [3.8, 4) is 0 Å². The topological polar surface area (TPSA) is 69.4 Å². The summed E-state index contributed by atoms with van der Waals surface area (Å²) in [5, 5.41) is 0. The molecule has 0 amide bonds. The van der Waals surface area contributed by atoms with Crippen molar-refractivity contribution in [3.63, 3.8) is 0 Å². The van der Waals surface area contributed by atoms with Gasteiger partial charge in [0.15, 0.2) is 0 Å². The zero-order valence-electron chi connectivity index (χ0n) is 8.27. The largest absolute Gasteiger partial charge is 0.398 e. The molecule has 2 N–H and O–H groups in total. The van der Waals surface area contributed by atoms with Gasteiger partial charge in [-0.1, -0.05) is 18.2 Å². The van der Waals surface area contributed by atoms with Gasteiger partial charge >= 0.3 is 11.9 Å². The summed E-state index contributed by atoms with van der Waals surface area (Å²) in [5.41, 5.74) is 6.02. The molecule has 0 aliphatic rings. The van der Waals surface area contributed by atoms with Crippen molar-refractivity contribution >= 4 is 17.6 Å². The van der Waals surface area contributed by atoms with Crippen molar-refractivity contribution in [2.24, 2.45) is 0 Å². The molecule has 0 aliphatic heterocycles. The second-order valence-electron chi connectivity index (χ2n) is 2.80. The molecule has 0 spiro atoms. The minimum Gasteiger partial charge on any atom is -0.398 e. The molecule has 0 saturated carbocycles. The fraction of sp³-hybridized carbons (Fsp3) is 0.0909. The fourth-order valence-corrected chi connectivity index (χ4v) is 0.999. The van der Waals surface area contributed by atoms with E-state index in [-0.39, 0.29) is 11.3 Å².